The summed E-state index contributed by atoms with van der Waals surface area (Å²) < 4.78 is 32.9. The minimum atomic E-state index is -4.86. The quantitative estimate of drug-likeness (QED) is 0.176. The van der Waals surface area contributed by atoms with E-state index >= 15 is 0 Å². The molecule has 3 aromatic carbocycles. The molecule has 3 aromatic rings. The van der Waals surface area contributed by atoms with Crippen molar-refractivity contribution < 1.29 is 62.3 Å². The van der Waals surface area contributed by atoms with Crippen LogP contribution in [0.5, 0.6) is 0 Å². The number of amidine groups is 2. The number of carboxylic acids is 2. The molecule has 0 bridgehead atoms. The first-order valence-corrected chi connectivity index (χ1v) is 15.7. The summed E-state index contributed by atoms with van der Waals surface area (Å²) in [6.07, 6.45) is 0. The number of nitrogens with one attached hydrogen (secondary N) is 1. The molecule has 4 rings (SSSR count). The topological polar surface area (TPSA) is 203 Å². The predicted molar refractivity (Wildman–Crippen MR) is 182 cm³/mol. The molecule has 1 heterocycles. The van der Waals surface area contributed by atoms with Gasteiger partial charge in [0.05, 0.1) is 29.2 Å². The minimum absolute atomic E-state index is 0. The Morgan fingerprint density at radius 3 is 1.48 bits per heavy atom. The van der Waals surface area contributed by atoms with Crippen molar-refractivity contribution in [3.8, 4) is 0 Å². The van der Waals surface area contributed by atoms with Gasteiger partial charge in [-0.25, -0.2) is 32.7 Å². The number of aryl methyl sites for hydroxylation is 5. The van der Waals surface area contributed by atoms with Gasteiger partial charge in [0, 0.05) is 11.1 Å². The van der Waals surface area contributed by atoms with Crippen LogP contribution in [-0.2, 0) is 10.1 Å². The third-order valence-electron chi connectivity index (χ3n) is 6.56. The van der Waals surface area contributed by atoms with Crippen LogP contribution in [0.1, 0.15) is 92.9 Å². The second kappa shape index (κ2) is 20.1. The molecule has 0 unspecified atom stereocenters. The van der Waals surface area contributed by atoms with Gasteiger partial charge in [-0.3, -0.25) is 5.41 Å². The number of hydrogen-bond acceptors (Lipinski definition) is 7. The van der Waals surface area contributed by atoms with Gasteiger partial charge in [0.25, 0.3) is 0 Å². The van der Waals surface area contributed by atoms with Gasteiger partial charge in [-0.05, 0) is 56.0 Å². The van der Waals surface area contributed by atoms with Crippen molar-refractivity contribution in [2.45, 2.75) is 74.1 Å². The minimum Gasteiger partial charge on any atom is -0.744 e. The van der Waals surface area contributed by atoms with E-state index in [0.29, 0.717) is 17.2 Å². The van der Waals surface area contributed by atoms with Gasteiger partial charge in [-0.2, -0.15) is 0 Å². The van der Waals surface area contributed by atoms with Crippen molar-refractivity contribution in [1.29, 1.82) is 5.41 Å². The van der Waals surface area contributed by atoms with Crippen LogP contribution in [0.15, 0.2) is 40.2 Å². The Kier molecular flexibility index (Phi) is 19.2. The normalized spacial score (nSPS) is 10.5. The molecule has 0 atom stereocenters. The summed E-state index contributed by atoms with van der Waals surface area (Å²) in [6.45, 7) is 31.8. The van der Waals surface area contributed by atoms with Crippen LogP contribution in [0.4, 0.5) is 11.4 Å². The molecular weight excluding hydrogens is 645 g/mol. The van der Waals surface area contributed by atoms with E-state index in [4.69, 9.17) is 34.5 Å². The maximum atomic E-state index is 11.0. The molecule has 0 aromatic heterocycles. The molecule has 0 aliphatic carbocycles. The van der Waals surface area contributed by atoms with Gasteiger partial charge >= 0.3 is 41.5 Å². The van der Waals surface area contributed by atoms with E-state index in [2.05, 4.69) is 14.7 Å². The van der Waals surface area contributed by atoms with Crippen molar-refractivity contribution in [3.63, 3.8) is 0 Å². The van der Waals surface area contributed by atoms with Crippen molar-refractivity contribution in [2.24, 2.45) is 10.7 Å². The summed E-state index contributed by atoms with van der Waals surface area (Å²) in [7, 11) is -4.86. The van der Waals surface area contributed by atoms with Gasteiger partial charge in [0.15, 0.2) is 17.2 Å². The third kappa shape index (κ3) is 10.8. The van der Waals surface area contributed by atoms with Crippen LogP contribution in [-0.4, -0.2) is 46.8 Å². The molecule has 12 nitrogen and oxygen atoms in total. The second-order valence-corrected chi connectivity index (χ2v) is 10.9. The molecule has 0 radical (unpaired) electrons. The number of nitrogens with two attached hydrogens (primary N) is 1. The molecule has 0 fully saturated rings. The second-order valence-electron chi connectivity index (χ2n) is 9.55. The summed E-state index contributed by atoms with van der Waals surface area (Å²) in [5.74, 6) is -2.34. The molecule has 48 heavy (non-hydrogen) atoms. The first kappa shape index (κ1) is 45.8. The Labute approximate surface area is 304 Å². The Hall–Kier alpha value is -4.37. The fourth-order valence-electron chi connectivity index (χ4n) is 4.43. The maximum Gasteiger partial charge on any atom is 1.00 e. The Morgan fingerprint density at radius 2 is 1.15 bits per heavy atom. The summed E-state index contributed by atoms with van der Waals surface area (Å²) in [5.41, 5.74) is 10.7. The first-order valence-electron chi connectivity index (χ1n) is 14.3. The van der Waals surface area contributed by atoms with Gasteiger partial charge < -0.3 is 20.5 Å². The van der Waals surface area contributed by atoms with E-state index in [1.807, 2.05) is 79.7 Å². The van der Waals surface area contributed by atoms with E-state index in [1.165, 1.54) is 6.92 Å². The van der Waals surface area contributed by atoms with Gasteiger partial charge in [0.1, 0.15) is 16.0 Å². The van der Waals surface area contributed by atoms with E-state index in [9.17, 15) is 22.6 Å². The summed E-state index contributed by atoms with van der Waals surface area (Å²) in [5, 5.41) is 25.5. The van der Waals surface area contributed by atoms with Gasteiger partial charge in [-0.1, -0.05) is 76.9 Å². The molecule has 0 amide bonds. The molecule has 0 saturated carbocycles. The van der Waals surface area contributed by atoms with Gasteiger partial charge in [-0.15, -0.1) is 0 Å². The predicted octanol–water partition coefficient (Wildman–Crippen LogP) is 4.41. The fourth-order valence-corrected chi connectivity index (χ4v) is 5.23. The van der Waals surface area contributed by atoms with Crippen molar-refractivity contribution in [2.75, 3.05) is 0 Å². The van der Waals surface area contributed by atoms with Crippen LogP contribution in [0.3, 0.4) is 0 Å². The van der Waals surface area contributed by atoms with Crippen LogP contribution in [0, 0.1) is 60.1 Å². The maximum absolute atomic E-state index is 11.0. The summed E-state index contributed by atoms with van der Waals surface area (Å²) in [6, 6.07) is 8.62. The monoisotopic (exact) mass is 685 g/mol. The van der Waals surface area contributed by atoms with E-state index in [1.54, 1.807) is 0 Å². The zero-order chi connectivity index (χ0) is 37.0. The Balaban J connectivity index is 0. The number of aliphatic imine (C=N–C) groups is 1. The smallest absolute Gasteiger partial charge is 0.744 e. The first-order chi connectivity index (χ1) is 21.9. The zero-order valence-electron chi connectivity index (χ0n) is 29.1. The SMILES string of the molecule is CC.CC.Cc1cc(S(=O)(=O)[O-])c(C)c(C(=O)O)c1C(=O)O.Cc1ccc(C)c2c1C(=N)N=C2N.[C-]#[N+]c1c(C)ccc(C)c1[N+]#[C-].[Na+]. The molecule has 0 saturated heterocycles. The number of rotatable bonds is 3. The number of carbonyl (C=O) groups is 2. The van der Waals surface area contributed by atoms with Crippen molar-refractivity contribution in [1.82, 2.24) is 0 Å². The average molecular weight is 686 g/mol. The Morgan fingerprint density at radius 1 is 0.771 bits per heavy atom. The standard InChI is InChI=1S/C10H11N3.C10H8N2.C10H10O7S.2C2H6.Na/c1-5-3-4-6(2)8-7(5)9(11)13-10(8)12;1-7-5-6-8(2)10(12-4)9(7)11-3;1-4-3-6(18(15,16)17)5(2)8(10(13)14)7(4)9(11)12;2*1-2;/h3-4H,1-2H3,(H3,11,12,13);5-6H,1-2H3;3H,1-2H3,(H,11,12)(H,13,14)(H,15,16,17);2*1-2H3;/q;;;;;+1/p-1. The molecular formula is C34H40N5NaO7S. The molecule has 1 aliphatic rings. The van der Waals surface area contributed by atoms with Crippen molar-refractivity contribution >= 4 is 45.1 Å². The van der Waals surface area contributed by atoms with Crippen molar-refractivity contribution in [3.05, 3.63) is 109 Å². The number of hydrogen-bond donors (Lipinski definition) is 4. The summed E-state index contributed by atoms with van der Waals surface area (Å²) in [4.78, 5) is 31.9. The fraction of sp³-hybridized carbons (Fsp3) is 0.294. The molecule has 14 heteroatoms. The van der Waals surface area contributed by atoms with Crippen LogP contribution in [0.25, 0.3) is 9.69 Å². The number of benzene rings is 3. The Bertz CT molecular complexity index is 1880. The molecule has 250 valence electrons. The van der Waals surface area contributed by atoms with E-state index in [0.717, 1.165) is 46.4 Å². The largest absolute Gasteiger partial charge is 1.00 e. The third-order valence-corrected chi connectivity index (χ3v) is 7.52. The number of aromatic carboxylic acids is 2. The van der Waals surface area contributed by atoms with Crippen LogP contribution >= 0.6 is 0 Å². The van der Waals surface area contributed by atoms with Crippen LogP contribution in [0.2, 0.25) is 0 Å². The molecule has 1 aliphatic heterocycles. The molecule has 0 spiro atoms. The number of nitrogens with zero attached hydrogens (tertiary/aromatic N) is 3. The zero-order valence-corrected chi connectivity index (χ0v) is 32.0. The van der Waals surface area contributed by atoms with Crippen LogP contribution < -0.4 is 35.3 Å². The van der Waals surface area contributed by atoms with E-state index < -0.39 is 38.1 Å². The van der Waals surface area contributed by atoms with Gasteiger partial charge in [0.2, 0.25) is 0 Å². The van der Waals surface area contributed by atoms with E-state index in [-0.39, 0.29) is 46.5 Å². The average Bonchev–Trinajstić information content (AvgIpc) is 3.33. The molecule has 5 N–H and O–H groups in total. The number of fused-ring (bicyclic) bond motifs is 1. The number of carboxylic acid groups (broad SMARTS) is 2. The summed E-state index contributed by atoms with van der Waals surface area (Å²) >= 11 is 0.